The molecule has 7 heteroatoms. The van der Waals surface area contributed by atoms with Crippen molar-refractivity contribution >= 4 is 23.3 Å². The van der Waals surface area contributed by atoms with E-state index in [4.69, 9.17) is 26.4 Å². The predicted octanol–water partition coefficient (Wildman–Crippen LogP) is 2.84. The van der Waals surface area contributed by atoms with Crippen LogP contribution in [0.5, 0.6) is 11.5 Å². The Labute approximate surface area is 153 Å². The fraction of sp³-hybridized carbons (Fsp3) is 0.444. The van der Waals surface area contributed by atoms with E-state index in [0.29, 0.717) is 35.2 Å². The van der Waals surface area contributed by atoms with E-state index >= 15 is 0 Å². The second-order valence-corrected chi connectivity index (χ2v) is 5.92. The SMILES string of the molecule is CCCC1=C(C(=O)OCC)[C@@H](c2ccc(OC)c(OC)c2)NC(=S)N1. The average molecular weight is 364 g/mol. The second-order valence-electron chi connectivity index (χ2n) is 5.51. The van der Waals surface area contributed by atoms with Gasteiger partial charge in [0.2, 0.25) is 0 Å². The van der Waals surface area contributed by atoms with Gasteiger partial charge in [-0.25, -0.2) is 4.79 Å². The molecule has 0 saturated heterocycles. The minimum atomic E-state index is -0.408. The van der Waals surface area contributed by atoms with Gasteiger partial charge in [-0.15, -0.1) is 0 Å². The first-order valence-electron chi connectivity index (χ1n) is 8.25. The van der Waals surface area contributed by atoms with Gasteiger partial charge in [0.15, 0.2) is 16.6 Å². The monoisotopic (exact) mass is 364 g/mol. The molecule has 0 bridgehead atoms. The molecule has 0 spiro atoms. The lowest BCUT2D eigenvalue weighted by Gasteiger charge is -2.31. The quantitative estimate of drug-likeness (QED) is 0.569. The highest BCUT2D eigenvalue weighted by Gasteiger charge is 2.32. The Morgan fingerprint density at radius 1 is 1.20 bits per heavy atom. The van der Waals surface area contributed by atoms with E-state index < -0.39 is 6.04 Å². The molecular formula is C18H24N2O4S. The molecule has 1 aromatic carbocycles. The first-order valence-corrected chi connectivity index (χ1v) is 8.66. The van der Waals surface area contributed by atoms with E-state index in [1.54, 1.807) is 21.1 Å². The first-order chi connectivity index (χ1) is 12.0. The number of rotatable bonds is 7. The van der Waals surface area contributed by atoms with Crippen molar-refractivity contribution < 1.29 is 19.0 Å². The first kappa shape index (κ1) is 19.1. The fourth-order valence-electron chi connectivity index (χ4n) is 2.80. The number of carbonyl (C=O) groups is 1. The summed E-state index contributed by atoms with van der Waals surface area (Å²) in [5.74, 6) is 0.859. The Bertz CT molecular complexity index is 688. The minimum Gasteiger partial charge on any atom is -0.493 e. The van der Waals surface area contributed by atoms with Crippen LogP contribution < -0.4 is 20.1 Å². The zero-order valence-corrected chi connectivity index (χ0v) is 15.8. The molecule has 0 aliphatic carbocycles. The minimum absolute atomic E-state index is 0.310. The van der Waals surface area contributed by atoms with Crippen molar-refractivity contribution in [1.29, 1.82) is 0 Å². The smallest absolute Gasteiger partial charge is 0.338 e. The molecule has 2 rings (SSSR count). The predicted molar refractivity (Wildman–Crippen MR) is 99.7 cm³/mol. The van der Waals surface area contributed by atoms with E-state index in [-0.39, 0.29) is 5.97 Å². The lowest BCUT2D eigenvalue weighted by molar-refractivity contribution is -0.139. The molecule has 25 heavy (non-hydrogen) atoms. The Kier molecular flexibility index (Phi) is 6.64. The summed E-state index contributed by atoms with van der Waals surface area (Å²) in [6, 6.07) is 5.13. The summed E-state index contributed by atoms with van der Waals surface area (Å²) in [4.78, 5) is 12.6. The molecular weight excluding hydrogens is 340 g/mol. The van der Waals surface area contributed by atoms with E-state index in [1.165, 1.54) is 0 Å². The summed E-state index contributed by atoms with van der Waals surface area (Å²) in [5, 5.41) is 6.75. The zero-order chi connectivity index (χ0) is 18.4. The van der Waals surface area contributed by atoms with Crippen LogP contribution in [-0.2, 0) is 9.53 Å². The van der Waals surface area contributed by atoms with Crippen LogP contribution in [0.15, 0.2) is 29.5 Å². The van der Waals surface area contributed by atoms with Gasteiger partial charge in [0, 0.05) is 5.70 Å². The van der Waals surface area contributed by atoms with Gasteiger partial charge in [-0.3, -0.25) is 0 Å². The summed E-state index contributed by atoms with van der Waals surface area (Å²) < 4.78 is 15.9. The Balaban J connectivity index is 2.53. The van der Waals surface area contributed by atoms with E-state index in [2.05, 4.69) is 10.6 Å². The molecule has 0 aromatic heterocycles. The molecule has 0 unspecified atom stereocenters. The molecule has 0 radical (unpaired) electrons. The van der Waals surface area contributed by atoms with Crippen LogP contribution >= 0.6 is 12.2 Å². The highest BCUT2D eigenvalue weighted by atomic mass is 32.1. The number of nitrogens with one attached hydrogen (secondary N) is 2. The number of ether oxygens (including phenoxy) is 3. The molecule has 1 aliphatic heterocycles. The normalized spacial score (nSPS) is 16.8. The number of carbonyl (C=O) groups excluding carboxylic acids is 1. The molecule has 0 saturated carbocycles. The van der Waals surface area contributed by atoms with Crippen LogP contribution in [0.1, 0.15) is 38.3 Å². The topological polar surface area (TPSA) is 68.8 Å². The van der Waals surface area contributed by atoms with Crippen molar-refractivity contribution in [3.63, 3.8) is 0 Å². The summed E-state index contributed by atoms with van der Waals surface area (Å²) in [5.41, 5.74) is 2.19. The molecule has 2 N–H and O–H groups in total. The third-order valence-electron chi connectivity index (χ3n) is 3.89. The Hall–Kier alpha value is -2.28. The average Bonchev–Trinajstić information content (AvgIpc) is 2.61. The van der Waals surface area contributed by atoms with Crippen molar-refractivity contribution in [2.45, 2.75) is 32.7 Å². The van der Waals surface area contributed by atoms with Gasteiger partial charge in [-0.2, -0.15) is 0 Å². The molecule has 6 nitrogen and oxygen atoms in total. The lowest BCUT2D eigenvalue weighted by Crippen LogP contribution is -2.45. The number of thiocarbonyl (C=S) groups is 1. The van der Waals surface area contributed by atoms with Crippen LogP contribution in [0.4, 0.5) is 0 Å². The highest BCUT2D eigenvalue weighted by Crippen LogP contribution is 2.35. The molecule has 1 atom stereocenters. The van der Waals surface area contributed by atoms with Gasteiger partial charge >= 0.3 is 5.97 Å². The van der Waals surface area contributed by atoms with E-state index in [1.807, 2.05) is 25.1 Å². The van der Waals surface area contributed by atoms with Gasteiger partial charge in [-0.1, -0.05) is 19.4 Å². The number of esters is 1. The number of hydrogen-bond acceptors (Lipinski definition) is 5. The summed E-state index contributed by atoms with van der Waals surface area (Å²) in [6.07, 6.45) is 1.59. The molecule has 1 aliphatic rings. The van der Waals surface area contributed by atoms with Crippen molar-refractivity contribution in [2.75, 3.05) is 20.8 Å². The van der Waals surface area contributed by atoms with Crippen LogP contribution in [0.3, 0.4) is 0 Å². The third-order valence-corrected chi connectivity index (χ3v) is 4.11. The van der Waals surface area contributed by atoms with Crippen LogP contribution in [0.25, 0.3) is 0 Å². The van der Waals surface area contributed by atoms with Gasteiger partial charge in [0.25, 0.3) is 0 Å². The van der Waals surface area contributed by atoms with Crippen molar-refractivity contribution in [1.82, 2.24) is 10.6 Å². The maximum atomic E-state index is 12.6. The van der Waals surface area contributed by atoms with Crippen molar-refractivity contribution in [3.8, 4) is 11.5 Å². The largest absolute Gasteiger partial charge is 0.493 e. The standard InChI is InChI=1S/C18H24N2O4S/c1-5-7-12-15(17(21)24-6-2)16(20-18(25)19-12)11-8-9-13(22-3)14(10-11)23-4/h8-10,16H,5-7H2,1-4H3,(H2,19,20,25)/t16-/m1/s1. The van der Waals surface area contributed by atoms with Crippen LogP contribution in [0.2, 0.25) is 0 Å². The maximum Gasteiger partial charge on any atom is 0.338 e. The molecule has 0 fully saturated rings. The third kappa shape index (κ3) is 4.22. The van der Waals surface area contributed by atoms with Gasteiger partial charge in [0.05, 0.1) is 32.4 Å². The number of methoxy groups -OCH3 is 2. The zero-order valence-electron chi connectivity index (χ0n) is 15.0. The van der Waals surface area contributed by atoms with E-state index in [0.717, 1.165) is 17.7 Å². The van der Waals surface area contributed by atoms with Crippen molar-refractivity contribution in [3.05, 3.63) is 35.0 Å². The van der Waals surface area contributed by atoms with Gasteiger partial charge in [0.1, 0.15) is 0 Å². The number of benzene rings is 1. The molecule has 0 amide bonds. The van der Waals surface area contributed by atoms with Gasteiger partial charge in [-0.05, 0) is 43.3 Å². The Morgan fingerprint density at radius 3 is 2.52 bits per heavy atom. The lowest BCUT2D eigenvalue weighted by atomic mass is 9.93. The van der Waals surface area contributed by atoms with Crippen LogP contribution in [-0.4, -0.2) is 31.9 Å². The summed E-state index contributed by atoms with van der Waals surface area (Å²) >= 11 is 5.32. The van der Waals surface area contributed by atoms with E-state index in [9.17, 15) is 4.79 Å². The summed E-state index contributed by atoms with van der Waals surface area (Å²) in [7, 11) is 3.16. The number of hydrogen-bond donors (Lipinski definition) is 2. The second kappa shape index (κ2) is 8.71. The highest BCUT2D eigenvalue weighted by molar-refractivity contribution is 7.80. The Morgan fingerprint density at radius 2 is 1.92 bits per heavy atom. The molecule has 1 aromatic rings. The number of allylic oxidation sites excluding steroid dienone is 1. The van der Waals surface area contributed by atoms with Gasteiger partial charge < -0.3 is 24.8 Å². The fourth-order valence-corrected chi connectivity index (χ4v) is 3.04. The van der Waals surface area contributed by atoms with Crippen LogP contribution in [0, 0.1) is 0 Å². The molecule has 136 valence electrons. The summed E-state index contributed by atoms with van der Waals surface area (Å²) in [6.45, 7) is 4.15. The molecule has 1 heterocycles. The van der Waals surface area contributed by atoms with Crippen molar-refractivity contribution in [2.24, 2.45) is 0 Å². The maximum absolute atomic E-state index is 12.6.